The molecule has 0 amide bonds. The number of hydrogen-bond donors (Lipinski definition) is 2. The molecule has 0 bridgehead atoms. The highest BCUT2D eigenvalue weighted by atomic mass is 16.5. The Kier molecular flexibility index (Phi) is 9.40. The first-order valence-corrected chi connectivity index (χ1v) is 10.3. The lowest BCUT2D eigenvalue weighted by Gasteiger charge is -2.09. The second-order valence-electron chi connectivity index (χ2n) is 7.28. The van der Waals surface area contributed by atoms with Gasteiger partial charge in [-0.25, -0.2) is 0 Å². The fourth-order valence-corrected chi connectivity index (χ4v) is 3.44. The Morgan fingerprint density at radius 3 is 1.93 bits per heavy atom. The molecule has 0 unspecified atom stereocenters. The number of carbonyl (C=O) groups excluding carboxylic acids is 1. The first-order valence-electron chi connectivity index (χ1n) is 10.3. The van der Waals surface area contributed by atoms with E-state index in [1.807, 2.05) is 0 Å². The largest absolute Gasteiger partial charge is 0.507 e. The molecular weight excluding hydrogens is 352 g/mol. The van der Waals surface area contributed by atoms with Crippen molar-refractivity contribution in [2.45, 2.75) is 64.2 Å². The van der Waals surface area contributed by atoms with Crippen molar-refractivity contribution in [3.8, 4) is 17.2 Å². The van der Waals surface area contributed by atoms with Gasteiger partial charge < -0.3 is 14.9 Å². The van der Waals surface area contributed by atoms with Crippen LogP contribution in [-0.2, 0) is 6.42 Å². The molecule has 0 atom stereocenters. The van der Waals surface area contributed by atoms with Crippen LogP contribution in [-0.4, -0.2) is 23.1 Å². The smallest absolute Gasteiger partial charge is 0.170 e. The Hall–Kier alpha value is -2.49. The van der Waals surface area contributed by atoms with Crippen molar-refractivity contribution in [3.63, 3.8) is 0 Å². The molecule has 0 fully saturated rings. The number of hydrogen-bond acceptors (Lipinski definition) is 4. The van der Waals surface area contributed by atoms with Gasteiger partial charge in [0.15, 0.2) is 5.78 Å². The van der Waals surface area contributed by atoms with Crippen LogP contribution in [0, 0.1) is 0 Å². The van der Waals surface area contributed by atoms with Crippen LogP contribution in [0.4, 0.5) is 0 Å². The van der Waals surface area contributed by atoms with E-state index in [9.17, 15) is 15.0 Å². The van der Waals surface area contributed by atoms with E-state index in [1.165, 1.54) is 56.9 Å². The van der Waals surface area contributed by atoms with Crippen molar-refractivity contribution in [1.82, 2.24) is 0 Å². The Morgan fingerprint density at radius 2 is 1.36 bits per heavy atom. The summed E-state index contributed by atoms with van der Waals surface area (Å²) in [6.07, 6.45) is 10.6. The average Bonchev–Trinajstić information content (AvgIpc) is 2.69. The minimum absolute atomic E-state index is 0.000726. The van der Waals surface area contributed by atoms with E-state index in [-0.39, 0.29) is 22.8 Å². The van der Waals surface area contributed by atoms with Gasteiger partial charge in [0.1, 0.15) is 22.8 Å². The van der Waals surface area contributed by atoms with E-state index in [0.717, 1.165) is 25.7 Å². The Balaban J connectivity index is 1.53. The van der Waals surface area contributed by atoms with Crippen LogP contribution in [0.15, 0.2) is 42.5 Å². The van der Waals surface area contributed by atoms with Gasteiger partial charge in [0, 0.05) is 18.6 Å². The SMILES string of the molecule is COc1cc(O)c(C(=O)CCCCCCCCCCc2ccccc2)c(O)c1. The summed E-state index contributed by atoms with van der Waals surface area (Å²) in [5.41, 5.74) is 1.42. The van der Waals surface area contributed by atoms with Crippen LogP contribution in [0.1, 0.15) is 73.7 Å². The number of aromatic hydroxyl groups is 2. The van der Waals surface area contributed by atoms with Gasteiger partial charge in [0.2, 0.25) is 0 Å². The van der Waals surface area contributed by atoms with E-state index >= 15 is 0 Å². The summed E-state index contributed by atoms with van der Waals surface area (Å²) in [5, 5.41) is 19.9. The Morgan fingerprint density at radius 1 is 0.821 bits per heavy atom. The summed E-state index contributed by atoms with van der Waals surface area (Å²) in [5.74, 6) is -0.344. The standard InChI is InChI=1S/C24H32O4/c1-28-20-17-22(26)24(23(27)18-20)21(25)16-12-7-5-3-2-4-6-9-13-19-14-10-8-11-15-19/h8,10-11,14-15,17-18,26-27H,2-7,9,12-13,16H2,1H3. The van der Waals surface area contributed by atoms with Crippen molar-refractivity contribution < 1.29 is 19.7 Å². The van der Waals surface area contributed by atoms with Gasteiger partial charge in [-0.05, 0) is 24.8 Å². The van der Waals surface area contributed by atoms with Gasteiger partial charge >= 0.3 is 0 Å². The molecule has 2 aromatic rings. The second kappa shape index (κ2) is 12.1. The molecule has 2 rings (SSSR count). The molecule has 4 heteroatoms. The maximum Gasteiger partial charge on any atom is 0.170 e. The van der Waals surface area contributed by atoms with Crippen LogP contribution >= 0.6 is 0 Å². The maximum atomic E-state index is 12.2. The molecule has 0 saturated heterocycles. The second-order valence-corrected chi connectivity index (χ2v) is 7.28. The van der Waals surface area contributed by atoms with Gasteiger partial charge in [-0.1, -0.05) is 68.9 Å². The number of methoxy groups -OCH3 is 1. The monoisotopic (exact) mass is 384 g/mol. The maximum absolute atomic E-state index is 12.2. The number of unbranched alkanes of at least 4 members (excludes halogenated alkanes) is 7. The first-order chi connectivity index (χ1) is 13.6. The van der Waals surface area contributed by atoms with Crippen LogP contribution < -0.4 is 4.74 Å². The summed E-state index contributed by atoms with van der Waals surface area (Å²) in [7, 11) is 1.44. The first kappa shape index (κ1) is 21.8. The Labute approximate surface area is 168 Å². The number of benzene rings is 2. The molecule has 0 heterocycles. The molecule has 0 aromatic heterocycles. The zero-order valence-electron chi connectivity index (χ0n) is 16.8. The van der Waals surface area contributed by atoms with Gasteiger partial charge in [0.25, 0.3) is 0 Å². The van der Waals surface area contributed by atoms with Crippen LogP contribution in [0.3, 0.4) is 0 Å². The minimum atomic E-state index is -0.225. The molecule has 0 aliphatic rings. The van der Waals surface area contributed by atoms with Crippen molar-refractivity contribution in [1.29, 1.82) is 0 Å². The van der Waals surface area contributed by atoms with Crippen molar-refractivity contribution in [2.24, 2.45) is 0 Å². The topological polar surface area (TPSA) is 66.8 Å². The average molecular weight is 385 g/mol. The molecule has 28 heavy (non-hydrogen) atoms. The van der Waals surface area contributed by atoms with E-state index in [2.05, 4.69) is 30.3 Å². The number of aryl methyl sites for hydroxylation is 1. The molecular formula is C24H32O4. The molecule has 0 saturated carbocycles. The van der Waals surface area contributed by atoms with Crippen LogP contribution in [0.5, 0.6) is 17.2 Å². The third-order valence-electron chi connectivity index (χ3n) is 5.05. The highest BCUT2D eigenvalue weighted by molar-refractivity contribution is 6.01. The van der Waals surface area contributed by atoms with Gasteiger partial charge in [-0.2, -0.15) is 0 Å². The van der Waals surface area contributed by atoms with E-state index in [4.69, 9.17) is 4.74 Å². The third kappa shape index (κ3) is 7.26. The molecule has 0 aliphatic carbocycles. The Bertz CT molecular complexity index is 702. The molecule has 0 spiro atoms. The normalized spacial score (nSPS) is 10.8. The summed E-state index contributed by atoms with van der Waals surface area (Å²) in [6.45, 7) is 0. The molecule has 4 nitrogen and oxygen atoms in total. The van der Waals surface area contributed by atoms with E-state index < -0.39 is 0 Å². The lowest BCUT2D eigenvalue weighted by atomic mass is 10.0. The molecule has 152 valence electrons. The summed E-state index contributed by atoms with van der Waals surface area (Å²) >= 11 is 0. The number of phenols is 2. The minimum Gasteiger partial charge on any atom is -0.507 e. The zero-order chi connectivity index (χ0) is 20.2. The quantitative estimate of drug-likeness (QED) is 0.326. The number of ketones is 1. The number of phenolic OH excluding ortho intramolecular Hbond substituents is 2. The fraction of sp³-hybridized carbons (Fsp3) is 0.458. The van der Waals surface area contributed by atoms with Crippen molar-refractivity contribution >= 4 is 5.78 Å². The number of carbonyl (C=O) groups is 1. The summed E-state index contributed by atoms with van der Waals surface area (Å²) in [4.78, 5) is 12.2. The van der Waals surface area contributed by atoms with Gasteiger partial charge in [0.05, 0.1) is 7.11 Å². The summed E-state index contributed by atoms with van der Waals surface area (Å²) < 4.78 is 4.96. The molecule has 0 aliphatic heterocycles. The third-order valence-corrected chi connectivity index (χ3v) is 5.05. The van der Waals surface area contributed by atoms with Crippen LogP contribution in [0.25, 0.3) is 0 Å². The molecule has 2 N–H and O–H groups in total. The summed E-state index contributed by atoms with van der Waals surface area (Å²) in [6, 6.07) is 13.3. The number of Topliss-reactive ketones (excluding diaryl/α,β-unsaturated/α-hetero) is 1. The van der Waals surface area contributed by atoms with Crippen molar-refractivity contribution in [3.05, 3.63) is 53.6 Å². The zero-order valence-corrected chi connectivity index (χ0v) is 16.8. The predicted molar refractivity (Wildman–Crippen MR) is 112 cm³/mol. The lowest BCUT2D eigenvalue weighted by molar-refractivity contribution is 0.0973. The molecule has 2 aromatic carbocycles. The number of rotatable bonds is 13. The van der Waals surface area contributed by atoms with E-state index in [0.29, 0.717) is 12.2 Å². The molecule has 0 radical (unpaired) electrons. The number of ether oxygens (including phenoxy) is 1. The highest BCUT2D eigenvalue weighted by Crippen LogP contribution is 2.33. The lowest BCUT2D eigenvalue weighted by Crippen LogP contribution is -2.01. The predicted octanol–water partition coefficient (Wildman–Crippen LogP) is 6.04. The van der Waals surface area contributed by atoms with Gasteiger partial charge in [-0.15, -0.1) is 0 Å². The fourth-order valence-electron chi connectivity index (χ4n) is 3.44. The van der Waals surface area contributed by atoms with Crippen LogP contribution in [0.2, 0.25) is 0 Å². The van der Waals surface area contributed by atoms with E-state index in [1.54, 1.807) is 0 Å². The highest BCUT2D eigenvalue weighted by Gasteiger charge is 2.17. The van der Waals surface area contributed by atoms with Gasteiger partial charge in [-0.3, -0.25) is 4.79 Å². The van der Waals surface area contributed by atoms with Crippen molar-refractivity contribution in [2.75, 3.05) is 7.11 Å².